The Hall–Kier alpha value is -1.10. The Bertz CT molecular complexity index is 573. The molecule has 1 unspecified atom stereocenters. The lowest BCUT2D eigenvalue weighted by Crippen LogP contribution is -2.37. The molecule has 2 aliphatic heterocycles. The Morgan fingerprint density at radius 2 is 1.93 bits per heavy atom. The van der Waals surface area contributed by atoms with Crippen molar-refractivity contribution in [2.75, 3.05) is 64.6 Å². The molecule has 2 saturated heterocycles. The zero-order valence-corrected chi connectivity index (χ0v) is 19.0. The van der Waals surface area contributed by atoms with E-state index in [1.807, 2.05) is 0 Å². The fourth-order valence-electron chi connectivity index (χ4n) is 3.23. The van der Waals surface area contributed by atoms with Crippen LogP contribution in [0.2, 0.25) is 0 Å². The monoisotopic (exact) mass is 504 g/mol. The molecule has 0 amide bonds. The van der Waals surface area contributed by atoms with Crippen molar-refractivity contribution in [3.05, 3.63) is 29.8 Å². The van der Waals surface area contributed by atoms with Crippen LogP contribution in [0.15, 0.2) is 29.3 Å². The largest absolute Gasteiger partial charge is 0.379 e. The van der Waals surface area contributed by atoms with Gasteiger partial charge in [0.2, 0.25) is 0 Å². The molecule has 1 atom stereocenters. The predicted octanol–water partition coefficient (Wildman–Crippen LogP) is 2.00. The molecule has 0 spiro atoms. The Labute approximate surface area is 185 Å². The van der Waals surface area contributed by atoms with Gasteiger partial charge in [0.05, 0.1) is 25.9 Å². The maximum absolute atomic E-state index is 5.77. The van der Waals surface area contributed by atoms with Crippen molar-refractivity contribution in [1.82, 2.24) is 10.6 Å². The highest BCUT2D eigenvalue weighted by Gasteiger charge is 2.15. The van der Waals surface area contributed by atoms with Gasteiger partial charge >= 0.3 is 0 Å². The first-order valence-corrected chi connectivity index (χ1v) is 9.90. The average Bonchev–Trinajstić information content (AvgIpc) is 3.25. The molecule has 1 aromatic carbocycles. The lowest BCUT2D eigenvalue weighted by Gasteiger charge is -2.28. The summed E-state index contributed by atoms with van der Waals surface area (Å²) in [6, 6.07) is 8.70. The lowest BCUT2D eigenvalue weighted by atomic mass is 10.2. The average molecular weight is 504 g/mol. The number of benzene rings is 1. The molecular weight excluding hydrogens is 471 g/mol. The smallest absolute Gasteiger partial charge is 0.191 e. The molecule has 2 N–H and O–H groups in total. The van der Waals surface area contributed by atoms with Gasteiger partial charge in [0, 0.05) is 52.1 Å². The number of halogens is 1. The number of rotatable bonds is 8. The number of nitrogens with zero attached hydrogens (tertiary/aromatic N) is 2. The van der Waals surface area contributed by atoms with Crippen molar-refractivity contribution >= 4 is 35.6 Å². The third-order valence-corrected chi connectivity index (χ3v) is 4.85. The topological polar surface area (TPSA) is 67.4 Å². The zero-order valence-electron chi connectivity index (χ0n) is 16.7. The van der Waals surface area contributed by atoms with Crippen LogP contribution in [0.25, 0.3) is 0 Å². The molecule has 0 aliphatic carbocycles. The van der Waals surface area contributed by atoms with E-state index in [1.54, 1.807) is 7.05 Å². The van der Waals surface area contributed by atoms with Gasteiger partial charge in [-0.3, -0.25) is 4.99 Å². The molecule has 158 valence electrons. The van der Waals surface area contributed by atoms with Crippen molar-refractivity contribution in [3.63, 3.8) is 0 Å². The van der Waals surface area contributed by atoms with Crippen molar-refractivity contribution in [3.8, 4) is 0 Å². The van der Waals surface area contributed by atoms with E-state index in [0.717, 1.165) is 78.0 Å². The summed E-state index contributed by atoms with van der Waals surface area (Å²) in [5, 5.41) is 6.69. The normalized spacial score (nSPS) is 20.0. The highest BCUT2D eigenvalue weighted by Crippen LogP contribution is 2.16. The molecule has 0 saturated carbocycles. The Kier molecular flexibility index (Phi) is 10.9. The van der Waals surface area contributed by atoms with E-state index < -0.39 is 0 Å². The third-order valence-electron chi connectivity index (χ3n) is 4.85. The van der Waals surface area contributed by atoms with Crippen LogP contribution >= 0.6 is 24.0 Å². The van der Waals surface area contributed by atoms with Crippen molar-refractivity contribution in [2.45, 2.75) is 25.5 Å². The molecule has 2 aliphatic rings. The number of hydrogen-bond donors (Lipinski definition) is 2. The van der Waals surface area contributed by atoms with E-state index >= 15 is 0 Å². The SMILES string of the molecule is CN=C(NCCCOC1CCOC1)NCc1ccc(N2CCOCC2)cc1.I. The fourth-order valence-corrected chi connectivity index (χ4v) is 3.23. The molecule has 7 nitrogen and oxygen atoms in total. The molecule has 28 heavy (non-hydrogen) atoms. The summed E-state index contributed by atoms with van der Waals surface area (Å²) in [4.78, 5) is 6.64. The molecule has 0 aromatic heterocycles. The standard InChI is InChI=1S/C20H32N4O3.HI/c1-21-20(22-8-2-11-27-19-7-12-26-16-19)23-15-17-3-5-18(6-4-17)24-9-13-25-14-10-24;/h3-6,19H,2,7-16H2,1H3,(H2,21,22,23);1H. The van der Waals surface area contributed by atoms with Crippen molar-refractivity contribution < 1.29 is 14.2 Å². The highest BCUT2D eigenvalue weighted by atomic mass is 127. The zero-order chi connectivity index (χ0) is 18.7. The first-order valence-electron chi connectivity index (χ1n) is 9.90. The second-order valence-corrected chi connectivity index (χ2v) is 6.83. The number of nitrogens with one attached hydrogen (secondary N) is 2. The molecular formula is C20H33IN4O3. The number of ether oxygens (including phenoxy) is 3. The van der Waals surface area contributed by atoms with E-state index in [1.165, 1.54) is 11.3 Å². The molecule has 8 heteroatoms. The Balaban J connectivity index is 0.00000280. The Morgan fingerprint density at radius 1 is 1.14 bits per heavy atom. The van der Waals surface area contributed by atoms with Crippen LogP contribution in [0.5, 0.6) is 0 Å². The van der Waals surface area contributed by atoms with Crippen LogP contribution in [-0.4, -0.2) is 71.8 Å². The van der Waals surface area contributed by atoms with E-state index in [0.29, 0.717) is 0 Å². The summed E-state index contributed by atoms with van der Waals surface area (Å²) < 4.78 is 16.5. The fraction of sp³-hybridized carbons (Fsp3) is 0.650. The van der Waals surface area contributed by atoms with Crippen molar-refractivity contribution in [2.24, 2.45) is 4.99 Å². The minimum absolute atomic E-state index is 0. The summed E-state index contributed by atoms with van der Waals surface area (Å²) in [5.41, 5.74) is 2.50. The van der Waals surface area contributed by atoms with E-state index in [-0.39, 0.29) is 30.1 Å². The molecule has 3 rings (SSSR count). The summed E-state index contributed by atoms with van der Waals surface area (Å²) in [6.45, 7) is 7.45. The second-order valence-electron chi connectivity index (χ2n) is 6.83. The number of morpholine rings is 1. The molecule has 0 radical (unpaired) electrons. The maximum Gasteiger partial charge on any atom is 0.191 e. The van der Waals surface area contributed by atoms with Crippen LogP contribution in [0.1, 0.15) is 18.4 Å². The van der Waals surface area contributed by atoms with E-state index in [2.05, 4.69) is 44.8 Å². The number of hydrogen-bond acceptors (Lipinski definition) is 5. The van der Waals surface area contributed by atoms with Crippen LogP contribution < -0.4 is 15.5 Å². The van der Waals surface area contributed by atoms with Gasteiger partial charge in [-0.05, 0) is 30.5 Å². The maximum atomic E-state index is 5.77. The summed E-state index contributed by atoms with van der Waals surface area (Å²) in [5.74, 6) is 0.816. The summed E-state index contributed by atoms with van der Waals surface area (Å²) in [7, 11) is 1.79. The summed E-state index contributed by atoms with van der Waals surface area (Å²) in [6.07, 6.45) is 2.25. The van der Waals surface area contributed by atoms with Crippen LogP contribution in [0.3, 0.4) is 0 Å². The summed E-state index contributed by atoms with van der Waals surface area (Å²) >= 11 is 0. The van der Waals surface area contributed by atoms with Crippen LogP contribution in [0, 0.1) is 0 Å². The molecule has 2 fully saturated rings. The van der Waals surface area contributed by atoms with Gasteiger partial charge in [-0.1, -0.05) is 12.1 Å². The van der Waals surface area contributed by atoms with Gasteiger partial charge < -0.3 is 29.7 Å². The number of aliphatic imine (C=N–C) groups is 1. The van der Waals surface area contributed by atoms with Gasteiger partial charge in [-0.2, -0.15) is 0 Å². The second kappa shape index (κ2) is 13.2. The van der Waals surface area contributed by atoms with Gasteiger partial charge in [-0.25, -0.2) is 0 Å². The van der Waals surface area contributed by atoms with Gasteiger partial charge in [0.15, 0.2) is 5.96 Å². The van der Waals surface area contributed by atoms with Gasteiger partial charge in [-0.15, -0.1) is 24.0 Å². The lowest BCUT2D eigenvalue weighted by molar-refractivity contribution is 0.0420. The molecule has 2 heterocycles. The van der Waals surface area contributed by atoms with Crippen molar-refractivity contribution in [1.29, 1.82) is 0 Å². The number of anilines is 1. The number of guanidine groups is 1. The van der Waals surface area contributed by atoms with E-state index in [4.69, 9.17) is 14.2 Å². The van der Waals surface area contributed by atoms with E-state index in [9.17, 15) is 0 Å². The van der Waals surface area contributed by atoms with Crippen LogP contribution in [0.4, 0.5) is 5.69 Å². The predicted molar refractivity (Wildman–Crippen MR) is 123 cm³/mol. The first kappa shape index (κ1) is 23.2. The van der Waals surface area contributed by atoms with Gasteiger partial charge in [0.1, 0.15) is 0 Å². The minimum Gasteiger partial charge on any atom is -0.379 e. The Morgan fingerprint density at radius 3 is 2.61 bits per heavy atom. The highest BCUT2D eigenvalue weighted by molar-refractivity contribution is 14.0. The van der Waals surface area contributed by atoms with Crippen LogP contribution in [-0.2, 0) is 20.8 Å². The van der Waals surface area contributed by atoms with Gasteiger partial charge in [0.25, 0.3) is 0 Å². The molecule has 0 bridgehead atoms. The third kappa shape index (κ3) is 7.73. The molecule has 1 aromatic rings. The first-order chi connectivity index (χ1) is 13.3. The minimum atomic E-state index is 0. The quantitative estimate of drug-likeness (QED) is 0.245.